The molecule has 0 spiro atoms. The first-order valence-corrected chi connectivity index (χ1v) is 6.95. The van der Waals surface area contributed by atoms with Gasteiger partial charge >= 0.3 is 0 Å². The lowest BCUT2D eigenvalue weighted by Crippen LogP contribution is -2.31. The van der Waals surface area contributed by atoms with Gasteiger partial charge in [0.05, 0.1) is 11.8 Å². The summed E-state index contributed by atoms with van der Waals surface area (Å²) in [6.45, 7) is 5.50. The van der Waals surface area contributed by atoms with Gasteiger partial charge in [-0.05, 0) is 38.7 Å². The lowest BCUT2D eigenvalue weighted by molar-refractivity contribution is -0.121. The third kappa shape index (κ3) is 3.56. The van der Waals surface area contributed by atoms with E-state index in [1.165, 1.54) is 5.56 Å². The first-order valence-electron chi connectivity index (χ1n) is 6.95. The number of aryl methyl sites for hydroxylation is 2. The second kappa shape index (κ2) is 6.19. The third-order valence-electron chi connectivity index (χ3n) is 3.81. The van der Waals surface area contributed by atoms with E-state index in [1.807, 2.05) is 25.6 Å². The molecule has 5 heteroatoms. The highest BCUT2D eigenvalue weighted by Gasteiger charge is 2.16. The van der Waals surface area contributed by atoms with Crippen molar-refractivity contribution in [3.8, 4) is 0 Å². The van der Waals surface area contributed by atoms with Crippen LogP contribution in [0.4, 0.5) is 0 Å². The maximum atomic E-state index is 11.8. The maximum absolute atomic E-state index is 11.8. The van der Waals surface area contributed by atoms with Crippen LogP contribution in [0.15, 0.2) is 0 Å². The monoisotopic (exact) mass is 265 g/mol. The van der Waals surface area contributed by atoms with Crippen molar-refractivity contribution in [3.63, 3.8) is 0 Å². The van der Waals surface area contributed by atoms with Gasteiger partial charge in [-0.25, -0.2) is 0 Å². The van der Waals surface area contributed by atoms with Crippen molar-refractivity contribution in [2.75, 3.05) is 13.2 Å². The summed E-state index contributed by atoms with van der Waals surface area (Å²) in [5, 5.41) is 7.31. The van der Waals surface area contributed by atoms with Crippen molar-refractivity contribution in [1.82, 2.24) is 15.1 Å². The molecule has 1 atom stereocenters. The molecule has 0 bridgehead atoms. The summed E-state index contributed by atoms with van der Waals surface area (Å²) in [7, 11) is 1.93. The van der Waals surface area contributed by atoms with Crippen LogP contribution in [0, 0.1) is 13.8 Å². The van der Waals surface area contributed by atoms with Gasteiger partial charge in [0.25, 0.3) is 0 Å². The van der Waals surface area contributed by atoms with Gasteiger partial charge in [-0.2, -0.15) is 5.10 Å². The quantitative estimate of drug-likeness (QED) is 0.872. The van der Waals surface area contributed by atoms with Gasteiger partial charge in [0.1, 0.15) is 0 Å². The average Bonchev–Trinajstić information content (AvgIpc) is 2.96. The van der Waals surface area contributed by atoms with Crippen LogP contribution in [0.1, 0.15) is 36.2 Å². The summed E-state index contributed by atoms with van der Waals surface area (Å²) >= 11 is 0. The van der Waals surface area contributed by atoms with Crippen molar-refractivity contribution in [2.24, 2.45) is 7.05 Å². The van der Waals surface area contributed by atoms with Crippen LogP contribution < -0.4 is 5.32 Å². The highest BCUT2D eigenvalue weighted by Crippen LogP contribution is 2.14. The van der Waals surface area contributed by atoms with Crippen LogP contribution in [-0.2, 0) is 23.0 Å². The number of aromatic nitrogens is 2. The third-order valence-corrected chi connectivity index (χ3v) is 3.81. The zero-order valence-corrected chi connectivity index (χ0v) is 12.0. The summed E-state index contributed by atoms with van der Waals surface area (Å²) in [5.74, 6) is 0.0955. The molecule has 1 aliphatic heterocycles. The van der Waals surface area contributed by atoms with E-state index in [-0.39, 0.29) is 12.0 Å². The minimum Gasteiger partial charge on any atom is -0.376 e. The number of carbonyl (C=O) groups is 1. The Morgan fingerprint density at radius 3 is 2.89 bits per heavy atom. The zero-order chi connectivity index (χ0) is 13.8. The molecule has 0 unspecified atom stereocenters. The van der Waals surface area contributed by atoms with E-state index in [9.17, 15) is 4.79 Å². The SMILES string of the molecule is Cc1nn(C)c(C)c1CCC(=O)NC[C@@H]1CCCO1. The molecule has 1 N–H and O–H groups in total. The Balaban J connectivity index is 1.76. The van der Waals surface area contributed by atoms with E-state index < -0.39 is 0 Å². The Morgan fingerprint density at radius 2 is 2.32 bits per heavy atom. The molecule has 0 saturated carbocycles. The molecule has 1 aromatic heterocycles. The van der Waals surface area contributed by atoms with Crippen LogP contribution in [0.5, 0.6) is 0 Å². The van der Waals surface area contributed by atoms with Gasteiger partial charge in [0.2, 0.25) is 5.91 Å². The number of hydrogen-bond donors (Lipinski definition) is 1. The van der Waals surface area contributed by atoms with E-state index in [2.05, 4.69) is 10.4 Å². The van der Waals surface area contributed by atoms with Crippen molar-refractivity contribution >= 4 is 5.91 Å². The highest BCUT2D eigenvalue weighted by molar-refractivity contribution is 5.76. The molecular formula is C14H23N3O2. The van der Waals surface area contributed by atoms with Gasteiger partial charge in [-0.15, -0.1) is 0 Å². The fourth-order valence-electron chi connectivity index (χ4n) is 2.54. The Hall–Kier alpha value is -1.36. The molecule has 0 aliphatic carbocycles. The summed E-state index contributed by atoms with van der Waals surface area (Å²) in [6.07, 6.45) is 3.64. The lowest BCUT2D eigenvalue weighted by Gasteiger charge is -2.10. The van der Waals surface area contributed by atoms with Gasteiger partial charge in [-0.1, -0.05) is 0 Å². The van der Waals surface area contributed by atoms with E-state index in [4.69, 9.17) is 4.74 Å². The van der Waals surface area contributed by atoms with Gasteiger partial charge in [0, 0.05) is 32.3 Å². The zero-order valence-electron chi connectivity index (χ0n) is 12.0. The highest BCUT2D eigenvalue weighted by atomic mass is 16.5. The molecule has 2 heterocycles. The summed E-state index contributed by atoms with van der Waals surface area (Å²) < 4.78 is 7.35. The summed E-state index contributed by atoms with van der Waals surface area (Å²) in [5.41, 5.74) is 3.35. The molecule has 1 fully saturated rings. The smallest absolute Gasteiger partial charge is 0.220 e. The molecule has 0 aromatic carbocycles. The minimum absolute atomic E-state index is 0.0955. The molecule has 0 radical (unpaired) electrons. The number of carbonyl (C=O) groups excluding carboxylic acids is 1. The number of ether oxygens (including phenoxy) is 1. The number of hydrogen-bond acceptors (Lipinski definition) is 3. The fraction of sp³-hybridized carbons (Fsp3) is 0.714. The number of nitrogens with zero attached hydrogens (tertiary/aromatic N) is 2. The predicted octanol–water partition coefficient (Wildman–Crippen LogP) is 1.26. The molecule has 19 heavy (non-hydrogen) atoms. The second-order valence-corrected chi connectivity index (χ2v) is 5.21. The first-order chi connectivity index (χ1) is 9.08. The normalized spacial score (nSPS) is 18.8. The van der Waals surface area contributed by atoms with Crippen molar-refractivity contribution < 1.29 is 9.53 Å². The molecule has 1 aromatic rings. The van der Waals surface area contributed by atoms with Gasteiger partial charge < -0.3 is 10.1 Å². The van der Waals surface area contributed by atoms with Crippen LogP contribution in [0.2, 0.25) is 0 Å². The minimum atomic E-state index is 0.0955. The Morgan fingerprint density at radius 1 is 1.53 bits per heavy atom. The topological polar surface area (TPSA) is 56.2 Å². The molecule has 106 valence electrons. The van der Waals surface area contributed by atoms with E-state index in [0.717, 1.165) is 37.3 Å². The standard InChI is InChI=1S/C14H23N3O2/c1-10-13(11(2)17(3)16-10)6-7-14(18)15-9-12-5-4-8-19-12/h12H,4-9H2,1-3H3,(H,15,18)/t12-/m0/s1. The summed E-state index contributed by atoms with van der Waals surface area (Å²) in [4.78, 5) is 11.8. The lowest BCUT2D eigenvalue weighted by atomic mass is 10.1. The van der Waals surface area contributed by atoms with E-state index >= 15 is 0 Å². The Kier molecular flexibility index (Phi) is 4.58. The van der Waals surface area contributed by atoms with Crippen LogP contribution in [-0.4, -0.2) is 34.9 Å². The number of nitrogens with one attached hydrogen (secondary N) is 1. The van der Waals surface area contributed by atoms with Gasteiger partial charge in [-0.3, -0.25) is 9.48 Å². The Labute approximate surface area is 114 Å². The summed E-state index contributed by atoms with van der Waals surface area (Å²) in [6, 6.07) is 0. The fourth-order valence-corrected chi connectivity index (χ4v) is 2.54. The van der Waals surface area contributed by atoms with E-state index in [1.54, 1.807) is 0 Å². The predicted molar refractivity (Wildman–Crippen MR) is 73.0 cm³/mol. The Bertz CT molecular complexity index is 448. The van der Waals surface area contributed by atoms with E-state index in [0.29, 0.717) is 13.0 Å². The molecule has 1 saturated heterocycles. The van der Waals surface area contributed by atoms with Crippen LogP contribution >= 0.6 is 0 Å². The number of rotatable bonds is 5. The molecular weight excluding hydrogens is 242 g/mol. The van der Waals surface area contributed by atoms with Gasteiger partial charge in [0.15, 0.2) is 0 Å². The number of amides is 1. The van der Waals surface area contributed by atoms with Crippen molar-refractivity contribution in [2.45, 2.75) is 45.6 Å². The van der Waals surface area contributed by atoms with Crippen molar-refractivity contribution in [1.29, 1.82) is 0 Å². The molecule has 2 rings (SSSR count). The maximum Gasteiger partial charge on any atom is 0.220 e. The van der Waals surface area contributed by atoms with Crippen molar-refractivity contribution in [3.05, 3.63) is 17.0 Å². The largest absolute Gasteiger partial charge is 0.376 e. The van der Waals surface area contributed by atoms with Crippen LogP contribution in [0.3, 0.4) is 0 Å². The average molecular weight is 265 g/mol. The van der Waals surface area contributed by atoms with Crippen LogP contribution in [0.25, 0.3) is 0 Å². The first kappa shape index (κ1) is 14.1. The molecule has 1 aliphatic rings. The molecule has 1 amide bonds. The molecule has 5 nitrogen and oxygen atoms in total. The second-order valence-electron chi connectivity index (χ2n) is 5.21.